The summed E-state index contributed by atoms with van der Waals surface area (Å²) in [5, 5.41) is 14.1. The molecule has 0 atom stereocenters. The number of aryl methyl sites for hydroxylation is 2. The highest BCUT2D eigenvalue weighted by atomic mass is 16.5. The number of methoxy groups -OCH3 is 1. The van der Waals surface area contributed by atoms with Crippen molar-refractivity contribution in [2.24, 2.45) is 0 Å². The summed E-state index contributed by atoms with van der Waals surface area (Å²) in [7, 11) is 1.61. The summed E-state index contributed by atoms with van der Waals surface area (Å²) in [6.45, 7) is 3.97. The average Bonchev–Trinajstić information content (AvgIpc) is 2.64. The molecule has 0 aliphatic heterocycles. The van der Waals surface area contributed by atoms with E-state index in [1.165, 1.54) is 0 Å². The molecule has 132 valence electrons. The minimum atomic E-state index is -0.294. The van der Waals surface area contributed by atoms with Gasteiger partial charge < -0.3 is 15.4 Å². The second-order valence-corrected chi connectivity index (χ2v) is 5.93. The number of hydrogen-bond acceptors (Lipinski definition) is 5. The van der Waals surface area contributed by atoms with Gasteiger partial charge in [-0.1, -0.05) is 23.8 Å². The fraction of sp³-hybridized carbons (Fsp3) is 0.150. The number of amides is 1. The van der Waals surface area contributed by atoms with Gasteiger partial charge in [-0.15, -0.1) is 10.2 Å². The quantitative estimate of drug-likeness (QED) is 0.726. The lowest BCUT2D eigenvalue weighted by molar-refractivity contribution is 0.102. The molecule has 3 rings (SSSR count). The van der Waals surface area contributed by atoms with Gasteiger partial charge in [-0.2, -0.15) is 0 Å². The fourth-order valence-corrected chi connectivity index (χ4v) is 2.51. The van der Waals surface area contributed by atoms with Gasteiger partial charge in [-0.05, 0) is 49.7 Å². The molecule has 1 aromatic heterocycles. The van der Waals surface area contributed by atoms with E-state index in [1.807, 2.05) is 56.3 Å². The van der Waals surface area contributed by atoms with Crippen molar-refractivity contribution in [2.75, 3.05) is 17.7 Å². The zero-order valence-electron chi connectivity index (χ0n) is 14.9. The van der Waals surface area contributed by atoms with Crippen molar-refractivity contribution in [1.29, 1.82) is 0 Å². The summed E-state index contributed by atoms with van der Waals surface area (Å²) in [4.78, 5) is 12.4. The maximum Gasteiger partial charge on any atom is 0.276 e. The van der Waals surface area contributed by atoms with Crippen molar-refractivity contribution in [3.63, 3.8) is 0 Å². The van der Waals surface area contributed by atoms with Gasteiger partial charge in [0.15, 0.2) is 11.5 Å². The van der Waals surface area contributed by atoms with E-state index in [4.69, 9.17) is 4.74 Å². The Bertz CT molecular complexity index is 923. The van der Waals surface area contributed by atoms with Crippen molar-refractivity contribution in [2.45, 2.75) is 13.8 Å². The van der Waals surface area contributed by atoms with Crippen molar-refractivity contribution in [1.82, 2.24) is 10.2 Å². The van der Waals surface area contributed by atoms with Crippen LogP contribution in [0.2, 0.25) is 0 Å². The Labute approximate surface area is 152 Å². The first-order valence-electron chi connectivity index (χ1n) is 8.18. The maximum atomic E-state index is 12.4. The number of rotatable bonds is 5. The van der Waals surface area contributed by atoms with E-state index in [1.54, 1.807) is 19.2 Å². The Morgan fingerprint density at radius 2 is 1.85 bits per heavy atom. The van der Waals surface area contributed by atoms with Gasteiger partial charge in [0.1, 0.15) is 5.75 Å². The Morgan fingerprint density at radius 3 is 2.54 bits per heavy atom. The number of aromatic nitrogens is 2. The van der Waals surface area contributed by atoms with Crippen LogP contribution in [0.3, 0.4) is 0 Å². The third-order valence-electron chi connectivity index (χ3n) is 3.87. The highest BCUT2D eigenvalue weighted by molar-refractivity contribution is 6.03. The molecule has 0 unspecified atom stereocenters. The molecule has 0 radical (unpaired) electrons. The highest BCUT2D eigenvalue weighted by Gasteiger charge is 2.10. The Kier molecular flexibility index (Phi) is 5.12. The van der Waals surface area contributed by atoms with Crippen molar-refractivity contribution in [3.05, 3.63) is 71.4 Å². The summed E-state index contributed by atoms with van der Waals surface area (Å²) in [6.07, 6.45) is 0. The van der Waals surface area contributed by atoms with Gasteiger partial charge in [0.25, 0.3) is 5.91 Å². The standard InChI is InChI=1S/C20H20N4O2/c1-13-7-8-17(14(2)11-13)22-20(25)18-9-10-19(24-23-18)21-15-5-4-6-16(12-15)26-3/h4-12H,1-3H3,(H,21,24)(H,22,25). The van der Waals surface area contributed by atoms with Gasteiger partial charge in [-0.3, -0.25) is 4.79 Å². The van der Waals surface area contributed by atoms with Crippen LogP contribution in [0, 0.1) is 13.8 Å². The van der Waals surface area contributed by atoms with Crippen LogP contribution in [0.25, 0.3) is 0 Å². The number of anilines is 3. The van der Waals surface area contributed by atoms with E-state index in [2.05, 4.69) is 20.8 Å². The molecule has 0 bridgehead atoms. The van der Waals surface area contributed by atoms with Crippen LogP contribution in [0.1, 0.15) is 21.6 Å². The number of nitrogens with one attached hydrogen (secondary N) is 2. The summed E-state index contributed by atoms with van der Waals surface area (Å²) >= 11 is 0. The third-order valence-corrected chi connectivity index (χ3v) is 3.87. The predicted molar refractivity (Wildman–Crippen MR) is 102 cm³/mol. The second-order valence-electron chi connectivity index (χ2n) is 5.93. The minimum absolute atomic E-state index is 0.251. The molecule has 0 saturated heterocycles. The van der Waals surface area contributed by atoms with Gasteiger partial charge in [-0.25, -0.2) is 0 Å². The summed E-state index contributed by atoms with van der Waals surface area (Å²) < 4.78 is 5.19. The first-order chi connectivity index (χ1) is 12.5. The molecular formula is C20H20N4O2. The number of nitrogens with zero attached hydrogens (tertiary/aromatic N) is 2. The van der Waals surface area contributed by atoms with Crippen molar-refractivity contribution >= 4 is 23.1 Å². The van der Waals surface area contributed by atoms with Crippen LogP contribution >= 0.6 is 0 Å². The number of carbonyl (C=O) groups excluding carboxylic acids is 1. The predicted octanol–water partition coefficient (Wildman–Crippen LogP) is 4.10. The number of ether oxygens (including phenoxy) is 1. The lowest BCUT2D eigenvalue weighted by Gasteiger charge is -2.09. The van der Waals surface area contributed by atoms with E-state index in [0.29, 0.717) is 5.82 Å². The largest absolute Gasteiger partial charge is 0.497 e. The van der Waals surface area contributed by atoms with E-state index in [-0.39, 0.29) is 11.6 Å². The lowest BCUT2D eigenvalue weighted by atomic mass is 10.1. The van der Waals surface area contributed by atoms with Gasteiger partial charge in [0, 0.05) is 17.4 Å². The van der Waals surface area contributed by atoms with Crippen LogP contribution in [0.5, 0.6) is 5.75 Å². The molecule has 26 heavy (non-hydrogen) atoms. The molecule has 6 nitrogen and oxygen atoms in total. The summed E-state index contributed by atoms with van der Waals surface area (Å²) in [6, 6.07) is 16.7. The Morgan fingerprint density at radius 1 is 1.00 bits per heavy atom. The molecule has 0 saturated carbocycles. The van der Waals surface area contributed by atoms with Gasteiger partial charge in [0.2, 0.25) is 0 Å². The van der Waals surface area contributed by atoms with E-state index in [0.717, 1.165) is 28.3 Å². The average molecular weight is 348 g/mol. The molecular weight excluding hydrogens is 328 g/mol. The first kappa shape index (κ1) is 17.4. The number of carbonyl (C=O) groups is 1. The van der Waals surface area contributed by atoms with Crippen LogP contribution in [-0.4, -0.2) is 23.2 Å². The van der Waals surface area contributed by atoms with Crippen LogP contribution in [0.4, 0.5) is 17.2 Å². The topological polar surface area (TPSA) is 76.1 Å². The molecule has 6 heteroatoms. The lowest BCUT2D eigenvalue weighted by Crippen LogP contribution is -2.15. The minimum Gasteiger partial charge on any atom is -0.497 e. The smallest absolute Gasteiger partial charge is 0.276 e. The van der Waals surface area contributed by atoms with Crippen molar-refractivity contribution in [3.8, 4) is 5.75 Å². The van der Waals surface area contributed by atoms with Gasteiger partial charge >= 0.3 is 0 Å². The molecule has 3 aromatic rings. The molecule has 2 N–H and O–H groups in total. The number of benzene rings is 2. The second kappa shape index (κ2) is 7.65. The molecule has 1 heterocycles. The zero-order valence-corrected chi connectivity index (χ0v) is 14.9. The first-order valence-corrected chi connectivity index (χ1v) is 8.18. The van der Waals surface area contributed by atoms with E-state index in [9.17, 15) is 4.79 Å². The SMILES string of the molecule is COc1cccc(Nc2ccc(C(=O)Nc3ccc(C)cc3C)nn2)c1. The molecule has 0 fully saturated rings. The van der Waals surface area contributed by atoms with E-state index >= 15 is 0 Å². The summed E-state index contributed by atoms with van der Waals surface area (Å²) in [5.74, 6) is 0.992. The van der Waals surface area contributed by atoms with Crippen LogP contribution in [-0.2, 0) is 0 Å². The van der Waals surface area contributed by atoms with Crippen molar-refractivity contribution < 1.29 is 9.53 Å². The zero-order chi connectivity index (χ0) is 18.5. The monoisotopic (exact) mass is 348 g/mol. The maximum absolute atomic E-state index is 12.4. The molecule has 0 aliphatic rings. The van der Waals surface area contributed by atoms with Crippen LogP contribution in [0.15, 0.2) is 54.6 Å². The molecule has 0 spiro atoms. The number of hydrogen-bond donors (Lipinski definition) is 2. The van der Waals surface area contributed by atoms with E-state index < -0.39 is 0 Å². The normalized spacial score (nSPS) is 10.3. The molecule has 0 aliphatic carbocycles. The third kappa shape index (κ3) is 4.16. The Balaban J connectivity index is 1.69. The molecule has 1 amide bonds. The Hall–Kier alpha value is -3.41. The fourth-order valence-electron chi connectivity index (χ4n) is 2.51. The molecule has 2 aromatic carbocycles. The van der Waals surface area contributed by atoms with Gasteiger partial charge in [0.05, 0.1) is 7.11 Å². The highest BCUT2D eigenvalue weighted by Crippen LogP contribution is 2.20. The summed E-state index contributed by atoms with van der Waals surface area (Å²) in [5.41, 5.74) is 3.99. The van der Waals surface area contributed by atoms with Crippen LogP contribution < -0.4 is 15.4 Å².